The maximum Gasteiger partial charge on any atom is 0.246 e. The number of hydrogen-bond donors (Lipinski definition) is 0. The van der Waals surface area contributed by atoms with Crippen molar-refractivity contribution in [2.75, 3.05) is 32.4 Å². The van der Waals surface area contributed by atoms with Gasteiger partial charge in [0.05, 0.1) is 17.7 Å². The Balaban J connectivity index is 1.50. The lowest BCUT2D eigenvalue weighted by molar-refractivity contribution is -0.127. The Labute approximate surface area is 186 Å². The van der Waals surface area contributed by atoms with Crippen LogP contribution >= 0.6 is 11.3 Å². The Kier molecular flexibility index (Phi) is 6.35. The highest BCUT2D eigenvalue weighted by atomic mass is 32.2. The number of hydrogen-bond acceptors (Lipinski definition) is 5. The third-order valence-electron chi connectivity index (χ3n) is 5.16. The molecule has 1 fully saturated rings. The number of piperazine rings is 1. The fraction of sp³-hybridized carbons (Fsp3) is 0.273. The lowest BCUT2D eigenvalue weighted by Crippen LogP contribution is -2.49. The van der Waals surface area contributed by atoms with Crippen LogP contribution in [0.4, 0.5) is 0 Å². The third-order valence-corrected chi connectivity index (χ3v) is 7.34. The zero-order valence-electron chi connectivity index (χ0n) is 17.2. The van der Waals surface area contributed by atoms with Gasteiger partial charge in [0.15, 0.2) is 0 Å². The molecule has 0 N–H and O–H groups in total. The summed E-state index contributed by atoms with van der Waals surface area (Å²) in [5.74, 6) is -0.124. The van der Waals surface area contributed by atoms with Crippen LogP contribution in [0.25, 0.3) is 16.6 Å². The number of thiophene rings is 1. The minimum absolute atomic E-state index is 0.124. The molecule has 1 aromatic carbocycles. The van der Waals surface area contributed by atoms with E-state index >= 15 is 0 Å². The number of sulfonamides is 1. The summed E-state index contributed by atoms with van der Waals surface area (Å²) < 4.78 is 26.6. The number of carbonyl (C=O) groups is 1. The van der Waals surface area contributed by atoms with Crippen LogP contribution in [0.1, 0.15) is 11.1 Å². The average Bonchev–Trinajstić information content (AvgIpc) is 3.42. The van der Waals surface area contributed by atoms with Crippen LogP contribution in [0.5, 0.6) is 0 Å². The van der Waals surface area contributed by atoms with Crippen LogP contribution < -0.4 is 0 Å². The molecule has 0 spiro atoms. The number of aromatic nitrogens is 2. The predicted molar refractivity (Wildman–Crippen MR) is 123 cm³/mol. The summed E-state index contributed by atoms with van der Waals surface area (Å²) in [5.41, 5.74) is 2.87. The summed E-state index contributed by atoms with van der Waals surface area (Å²) in [7, 11) is -3.22. The van der Waals surface area contributed by atoms with Gasteiger partial charge >= 0.3 is 0 Å². The second kappa shape index (κ2) is 9.17. The summed E-state index contributed by atoms with van der Waals surface area (Å²) in [5, 5.41) is 6.76. The van der Waals surface area contributed by atoms with E-state index in [1.165, 1.54) is 10.6 Å². The number of rotatable bonds is 6. The first kappa shape index (κ1) is 21.5. The highest BCUT2D eigenvalue weighted by molar-refractivity contribution is 7.88. The quantitative estimate of drug-likeness (QED) is 0.535. The maximum atomic E-state index is 12.7. The molecule has 1 aliphatic rings. The topological polar surface area (TPSA) is 75.5 Å². The molecule has 0 radical (unpaired) electrons. The SMILES string of the molecule is CS(=O)(=O)N1CCN(C(=O)/C=C/c2cn(Cc3ccccc3)nc2-c2cccs2)CC1. The summed E-state index contributed by atoms with van der Waals surface area (Å²) in [6.07, 6.45) is 6.50. The molecule has 1 aliphatic heterocycles. The fourth-order valence-corrected chi connectivity index (χ4v) is 5.08. The number of amides is 1. The van der Waals surface area contributed by atoms with Gasteiger partial charge in [-0.3, -0.25) is 9.48 Å². The van der Waals surface area contributed by atoms with Gasteiger partial charge in [0.1, 0.15) is 5.69 Å². The first-order valence-corrected chi connectivity index (χ1v) is 12.7. The van der Waals surface area contributed by atoms with Crippen molar-refractivity contribution in [2.24, 2.45) is 0 Å². The van der Waals surface area contributed by atoms with Crippen LogP contribution in [0.3, 0.4) is 0 Å². The van der Waals surface area contributed by atoms with Crippen molar-refractivity contribution >= 4 is 33.3 Å². The van der Waals surface area contributed by atoms with Crippen LogP contribution in [0, 0.1) is 0 Å². The van der Waals surface area contributed by atoms with Gasteiger partial charge in [-0.2, -0.15) is 9.40 Å². The first-order valence-electron chi connectivity index (χ1n) is 9.97. The zero-order chi connectivity index (χ0) is 21.8. The Morgan fingerprint density at radius 3 is 2.48 bits per heavy atom. The van der Waals surface area contributed by atoms with Crippen molar-refractivity contribution in [1.82, 2.24) is 19.0 Å². The van der Waals surface area contributed by atoms with Gasteiger partial charge in [-0.15, -0.1) is 11.3 Å². The molecule has 0 bridgehead atoms. The minimum Gasteiger partial charge on any atom is -0.337 e. The van der Waals surface area contributed by atoms with E-state index in [-0.39, 0.29) is 5.91 Å². The molecule has 162 valence electrons. The van der Waals surface area contributed by atoms with E-state index in [9.17, 15) is 13.2 Å². The summed E-state index contributed by atoms with van der Waals surface area (Å²) in [6, 6.07) is 14.1. The number of carbonyl (C=O) groups excluding carboxylic acids is 1. The molecule has 3 heterocycles. The smallest absolute Gasteiger partial charge is 0.246 e. The maximum absolute atomic E-state index is 12.7. The molecule has 3 aromatic rings. The van der Waals surface area contributed by atoms with Crippen molar-refractivity contribution in [1.29, 1.82) is 0 Å². The molecule has 31 heavy (non-hydrogen) atoms. The summed E-state index contributed by atoms with van der Waals surface area (Å²) in [4.78, 5) is 15.4. The number of nitrogens with zero attached hydrogens (tertiary/aromatic N) is 4. The molecule has 1 amide bonds. The lowest BCUT2D eigenvalue weighted by Gasteiger charge is -2.32. The standard InChI is InChI=1S/C22H24N4O3S2/c1-31(28,29)26-13-11-24(12-14-26)21(27)10-9-19-17-25(16-18-6-3-2-4-7-18)23-22(19)20-8-5-15-30-20/h2-10,15,17H,11-14,16H2,1H3/b10-9+. The van der Waals surface area contributed by atoms with Gasteiger partial charge in [0, 0.05) is 44.0 Å². The molecule has 1 saturated heterocycles. The molecular weight excluding hydrogens is 432 g/mol. The van der Waals surface area contributed by atoms with Crippen molar-refractivity contribution in [2.45, 2.75) is 6.54 Å². The third kappa shape index (κ3) is 5.30. The lowest BCUT2D eigenvalue weighted by atomic mass is 10.2. The molecular formula is C22H24N4O3S2. The Morgan fingerprint density at radius 2 is 1.84 bits per heavy atom. The second-order valence-electron chi connectivity index (χ2n) is 7.41. The van der Waals surface area contributed by atoms with E-state index in [1.54, 1.807) is 28.4 Å². The van der Waals surface area contributed by atoms with Crippen molar-refractivity contribution < 1.29 is 13.2 Å². The first-order chi connectivity index (χ1) is 14.9. The van der Waals surface area contributed by atoms with Crippen LogP contribution in [-0.2, 0) is 21.4 Å². The Morgan fingerprint density at radius 1 is 1.10 bits per heavy atom. The summed E-state index contributed by atoms with van der Waals surface area (Å²) in [6.45, 7) is 2.08. The van der Waals surface area contributed by atoms with Gasteiger partial charge in [-0.1, -0.05) is 36.4 Å². The zero-order valence-corrected chi connectivity index (χ0v) is 18.8. The average molecular weight is 457 g/mol. The molecule has 0 aliphatic carbocycles. The van der Waals surface area contributed by atoms with Gasteiger partial charge in [-0.25, -0.2) is 8.42 Å². The van der Waals surface area contributed by atoms with E-state index in [0.717, 1.165) is 21.7 Å². The van der Waals surface area contributed by atoms with Crippen molar-refractivity contribution in [3.8, 4) is 10.6 Å². The van der Waals surface area contributed by atoms with Gasteiger partial charge < -0.3 is 4.90 Å². The van der Waals surface area contributed by atoms with Gasteiger partial charge in [-0.05, 0) is 23.1 Å². The van der Waals surface area contributed by atoms with E-state index in [1.807, 2.05) is 46.6 Å². The van der Waals surface area contributed by atoms with E-state index in [4.69, 9.17) is 5.10 Å². The Hall–Kier alpha value is -2.75. The van der Waals surface area contributed by atoms with E-state index in [0.29, 0.717) is 32.7 Å². The number of benzene rings is 1. The predicted octanol–water partition coefficient (Wildman–Crippen LogP) is 2.78. The fourth-order valence-electron chi connectivity index (χ4n) is 3.52. The van der Waals surface area contributed by atoms with E-state index in [2.05, 4.69) is 12.1 Å². The molecule has 2 aromatic heterocycles. The van der Waals surface area contributed by atoms with Gasteiger partial charge in [0.2, 0.25) is 15.9 Å². The second-order valence-corrected chi connectivity index (χ2v) is 10.3. The normalized spacial score (nSPS) is 15.6. The Bertz CT molecular complexity index is 1160. The summed E-state index contributed by atoms with van der Waals surface area (Å²) >= 11 is 1.61. The molecule has 7 nitrogen and oxygen atoms in total. The van der Waals surface area contributed by atoms with Crippen LogP contribution in [0.2, 0.25) is 0 Å². The largest absolute Gasteiger partial charge is 0.337 e. The molecule has 9 heteroatoms. The van der Waals surface area contributed by atoms with Gasteiger partial charge in [0.25, 0.3) is 0 Å². The molecule has 4 rings (SSSR count). The molecule has 0 saturated carbocycles. The highest BCUT2D eigenvalue weighted by Gasteiger charge is 2.25. The van der Waals surface area contributed by atoms with E-state index < -0.39 is 10.0 Å². The molecule has 0 atom stereocenters. The van der Waals surface area contributed by atoms with Crippen molar-refractivity contribution in [3.63, 3.8) is 0 Å². The van der Waals surface area contributed by atoms with Crippen LogP contribution in [-0.4, -0.2) is 65.7 Å². The molecule has 0 unspecified atom stereocenters. The van der Waals surface area contributed by atoms with Crippen molar-refractivity contribution in [3.05, 3.63) is 71.2 Å². The highest BCUT2D eigenvalue weighted by Crippen LogP contribution is 2.28. The monoisotopic (exact) mass is 456 g/mol. The minimum atomic E-state index is -3.22. The van der Waals surface area contributed by atoms with Crippen LogP contribution in [0.15, 0.2) is 60.1 Å².